The van der Waals surface area contributed by atoms with E-state index in [2.05, 4.69) is 9.88 Å². The van der Waals surface area contributed by atoms with Gasteiger partial charge in [-0.1, -0.05) is 0 Å². The van der Waals surface area contributed by atoms with Gasteiger partial charge >= 0.3 is 0 Å². The quantitative estimate of drug-likeness (QED) is 0.635. The van der Waals surface area contributed by atoms with E-state index in [4.69, 9.17) is 18.9 Å². The van der Waals surface area contributed by atoms with Crippen LogP contribution in [0.1, 0.15) is 36.0 Å². The van der Waals surface area contributed by atoms with Crippen LogP contribution >= 0.6 is 0 Å². The summed E-state index contributed by atoms with van der Waals surface area (Å²) in [4.78, 5) is 21.8. The number of ether oxygens (including phenoxy) is 4. The van der Waals surface area contributed by atoms with Crippen molar-refractivity contribution < 1.29 is 23.7 Å². The van der Waals surface area contributed by atoms with Crippen LogP contribution in [0.3, 0.4) is 0 Å². The summed E-state index contributed by atoms with van der Waals surface area (Å²) >= 11 is 0. The molecule has 0 saturated carbocycles. The topological polar surface area (TPSA) is 73.4 Å². The minimum Gasteiger partial charge on any atom is -0.493 e. The fraction of sp³-hybridized carbons (Fsp3) is 0.520. The standard InChI is InChI=1S/C25H33N3O5/c1-30-22-5-4-21(23(31-2)24(22)32-3)25(29)28-14-8-18(9-15-28)27-16-10-20(11-17-27)33-19-6-12-26-13-7-19/h4-7,12-13,18,20H,8-11,14-17H2,1-3H3. The number of carbonyl (C=O) groups is 1. The first-order valence-electron chi connectivity index (χ1n) is 11.5. The van der Waals surface area contributed by atoms with Crippen molar-refractivity contribution in [1.29, 1.82) is 0 Å². The first-order valence-corrected chi connectivity index (χ1v) is 11.5. The summed E-state index contributed by atoms with van der Waals surface area (Å²) in [6.45, 7) is 3.51. The van der Waals surface area contributed by atoms with Gasteiger partial charge in [-0.25, -0.2) is 0 Å². The van der Waals surface area contributed by atoms with E-state index in [0.29, 0.717) is 28.9 Å². The summed E-state index contributed by atoms with van der Waals surface area (Å²) in [5.74, 6) is 2.26. The minimum atomic E-state index is -0.0317. The zero-order chi connectivity index (χ0) is 23.2. The molecule has 2 saturated heterocycles. The molecule has 2 aromatic rings. The molecule has 2 aliphatic heterocycles. The van der Waals surface area contributed by atoms with Crippen LogP contribution in [-0.4, -0.2) is 80.3 Å². The molecule has 0 aliphatic carbocycles. The zero-order valence-electron chi connectivity index (χ0n) is 19.7. The third-order valence-electron chi connectivity index (χ3n) is 6.63. The van der Waals surface area contributed by atoms with Crippen molar-refractivity contribution >= 4 is 5.91 Å². The van der Waals surface area contributed by atoms with Crippen LogP contribution in [0.25, 0.3) is 0 Å². The molecule has 0 unspecified atom stereocenters. The van der Waals surface area contributed by atoms with Crippen LogP contribution in [0.4, 0.5) is 0 Å². The molecule has 0 atom stereocenters. The fourth-order valence-electron chi connectivity index (χ4n) is 4.84. The average molecular weight is 456 g/mol. The Morgan fingerprint density at radius 3 is 2.12 bits per heavy atom. The molecule has 0 bridgehead atoms. The largest absolute Gasteiger partial charge is 0.493 e. The van der Waals surface area contributed by atoms with Crippen molar-refractivity contribution in [3.8, 4) is 23.0 Å². The molecule has 2 aliphatic rings. The second-order valence-corrected chi connectivity index (χ2v) is 8.44. The molecule has 1 amide bonds. The lowest BCUT2D eigenvalue weighted by molar-refractivity contribution is 0.0423. The highest BCUT2D eigenvalue weighted by Gasteiger charge is 2.32. The van der Waals surface area contributed by atoms with Crippen molar-refractivity contribution in [1.82, 2.24) is 14.8 Å². The van der Waals surface area contributed by atoms with Crippen LogP contribution in [0.15, 0.2) is 36.7 Å². The van der Waals surface area contributed by atoms with E-state index < -0.39 is 0 Å². The maximum absolute atomic E-state index is 13.3. The van der Waals surface area contributed by atoms with Crippen molar-refractivity contribution in [2.45, 2.75) is 37.8 Å². The van der Waals surface area contributed by atoms with Gasteiger partial charge in [0.1, 0.15) is 11.9 Å². The van der Waals surface area contributed by atoms with E-state index in [1.54, 1.807) is 45.9 Å². The predicted octanol–water partition coefficient (Wildman–Crippen LogP) is 3.26. The number of pyridine rings is 1. The number of piperidine rings is 2. The summed E-state index contributed by atoms with van der Waals surface area (Å²) in [6, 6.07) is 7.82. The van der Waals surface area contributed by atoms with Crippen molar-refractivity contribution in [2.75, 3.05) is 47.5 Å². The Kier molecular flexibility index (Phi) is 7.54. The Balaban J connectivity index is 1.31. The molecule has 4 rings (SSSR count). The molecular formula is C25H33N3O5. The molecular weight excluding hydrogens is 422 g/mol. The Labute approximate surface area is 195 Å². The normalized spacial score (nSPS) is 18.1. The molecule has 8 heteroatoms. The molecule has 1 aromatic carbocycles. The Hall–Kier alpha value is -3.00. The summed E-state index contributed by atoms with van der Waals surface area (Å²) in [5, 5.41) is 0. The monoisotopic (exact) mass is 455 g/mol. The highest BCUT2D eigenvalue weighted by molar-refractivity contribution is 5.98. The molecule has 0 radical (unpaired) electrons. The second-order valence-electron chi connectivity index (χ2n) is 8.44. The van der Waals surface area contributed by atoms with Crippen molar-refractivity contribution in [3.05, 3.63) is 42.2 Å². The van der Waals surface area contributed by atoms with Crippen molar-refractivity contribution in [3.63, 3.8) is 0 Å². The fourth-order valence-corrected chi connectivity index (χ4v) is 4.84. The van der Waals surface area contributed by atoms with Crippen LogP contribution in [0, 0.1) is 0 Å². The lowest BCUT2D eigenvalue weighted by atomic mass is 9.98. The molecule has 178 valence electrons. The van der Waals surface area contributed by atoms with Gasteiger partial charge in [0.05, 0.1) is 26.9 Å². The van der Waals surface area contributed by atoms with Gasteiger partial charge < -0.3 is 23.8 Å². The third-order valence-corrected chi connectivity index (χ3v) is 6.63. The lowest BCUT2D eigenvalue weighted by Crippen LogP contribution is -2.50. The zero-order valence-corrected chi connectivity index (χ0v) is 19.7. The van der Waals surface area contributed by atoms with Crippen LogP contribution < -0.4 is 18.9 Å². The number of likely N-dealkylation sites (tertiary alicyclic amines) is 2. The molecule has 1 aromatic heterocycles. The number of hydrogen-bond acceptors (Lipinski definition) is 7. The summed E-state index contributed by atoms with van der Waals surface area (Å²) in [7, 11) is 4.66. The number of amides is 1. The molecule has 33 heavy (non-hydrogen) atoms. The number of rotatable bonds is 7. The molecule has 0 N–H and O–H groups in total. The predicted molar refractivity (Wildman–Crippen MR) is 124 cm³/mol. The van der Waals surface area contributed by atoms with E-state index in [0.717, 1.165) is 57.6 Å². The molecule has 3 heterocycles. The van der Waals surface area contributed by atoms with Crippen LogP contribution in [0.5, 0.6) is 23.0 Å². The van der Waals surface area contributed by atoms with E-state index in [9.17, 15) is 4.79 Å². The van der Waals surface area contributed by atoms with Gasteiger partial charge in [-0.05, 0) is 49.9 Å². The molecule has 2 fully saturated rings. The van der Waals surface area contributed by atoms with Crippen LogP contribution in [-0.2, 0) is 0 Å². The van der Waals surface area contributed by atoms with Gasteiger partial charge in [-0.3, -0.25) is 14.7 Å². The summed E-state index contributed by atoms with van der Waals surface area (Å²) in [5.41, 5.74) is 0.502. The first kappa shape index (κ1) is 23.2. The van der Waals surface area contributed by atoms with Gasteiger partial charge in [0.15, 0.2) is 11.5 Å². The van der Waals surface area contributed by atoms with Gasteiger partial charge in [-0.2, -0.15) is 0 Å². The SMILES string of the molecule is COc1ccc(C(=O)N2CCC(N3CCC(Oc4ccncc4)CC3)CC2)c(OC)c1OC. The lowest BCUT2D eigenvalue weighted by Gasteiger charge is -2.41. The van der Waals surface area contributed by atoms with Crippen LogP contribution in [0.2, 0.25) is 0 Å². The molecule has 0 spiro atoms. The van der Waals surface area contributed by atoms with Gasteiger partial charge in [0.25, 0.3) is 5.91 Å². The Morgan fingerprint density at radius 2 is 1.52 bits per heavy atom. The highest BCUT2D eigenvalue weighted by atomic mass is 16.5. The van der Waals surface area contributed by atoms with Gasteiger partial charge in [-0.15, -0.1) is 0 Å². The number of carbonyl (C=O) groups excluding carboxylic acids is 1. The highest BCUT2D eigenvalue weighted by Crippen LogP contribution is 2.40. The first-order chi connectivity index (χ1) is 16.1. The van der Waals surface area contributed by atoms with E-state index >= 15 is 0 Å². The summed E-state index contributed by atoms with van der Waals surface area (Å²) < 4.78 is 22.4. The summed E-state index contributed by atoms with van der Waals surface area (Å²) in [6.07, 6.45) is 7.75. The third kappa shape index (κ3) is 5.16. The van der Waals surface area contributed by atoms with Crippen molar-refractivity contribution in [2.24, 2.45) is 0 Å². The number of aromatic nitrogens is 1. The smallest absolute Gasteiger partial charge is 0.257 e. The van der Waals surface area contributed by atoms with Gasteiger partial charge in [0, 0.05) is 44.6 Å². The Bertz CT molecular complexity index is 923. The minimum absolute atomic E-state index is 0.0317. The Morgan fingerprint density at radius 1 is 0.848 bits per heavy atom. The number of hydrogen-bond donors (Lipinski definition) is 0. The second kappa shape index (κ2) is 10.7. The van der Waals surface area contributed by atoms with Gasteiger partial charge in [0.2, 0.25) is 5.75 Å². The average Bonchev–Trinajstić information content (AvgIpc) is 2.88. The number of methoxy groups -OCH3 is 3. The maximum Gasteiger partial charge on any atom is 0.257 e. The van der Waals surface area contributed by atoms with E-state index in [1.807, 2.05) is 17.0 Å². The van der Waals surface area contributed by atoms with E-state index in [1.165, 1.54) is 0 Å². The van der Waals surface area contributed by atoms with E-state index in [-0.39, 0.29) is 12.0 Å². The number of nitrogens with zero attached hydrogens (tertiary/aromatic N) is 3. The molecule has 8 nitrogen and oxygen atoms in total. The number of benzene rings is 1. The maximum atomic E-state index is 13.3.